The van der Waals surface area contributed by atoms with Gasteiger partial charge in [0.15, 0.2) is 5.82 Å². The van der Waals surface area contributed by atoms with E-state index in [4.69, 9.17) is 0 Å². The number of aromatic nitrogens is 2. The predicted octanol–water partition coefficient (Wildman–Crippen LogP) is 3.03. The van der Waals surface area contributed by atoms with E-state index in [1.807, 2.05) is 17.7 Å². The van der Waals surface area contributed by atoms with Crippen LogP contribution in [0.25, 0.3) is 0 Å². The molecule has 3 rings (SSSR count). The minimum atomic E-state index is -0.852. The molecule has 1 aromatic heterocycles. The van der Waals surface area contributed by atoms with Crippen molar-refractivity contribution in [2.24, 2.45) is 5.41 Å². The van der Waals surface area contributed by atoms with Gasteiger partial charge in [0.05, 0.1) is 11.5 Å². The molecule has 24 heavy (non-hydrogen) atoms. The average Bonchev–Trinajstić information content (AvgIpc) is 3.12. The van der Waals surface area contributed by atoms with Crippen molar-refractivity contribution in [1.29, 1.82) is 0 Å². The van der Waals surface area contributed by atoms with Crippen LogP contribution in [0.3, 0.4) is 0 Å². The third-order valence-electron chi connectivity index (χ3n) is 5.35. The summed E-state index contributed by atoms with van der Waals surface area (Å²) < 4.78 is 2.03. The van der Waals surface area contributed by atoms with Crippen molar-refractivity contribution < 1.29 is 14.7 Å². The second kappa shape index (κ2) is 6.45. The molecule has 1 saturated heterocycles. The minimum absolute atomic E-state index is 0.233. The van der Waals surface area contributed by atoms with Gasteiger partial charge in [0.2, 0.25) is 0 Å². The molecule has 0 spiro atoms. The second-order valence-corrected chi connectivity index (χ2v) is 7.37. The zero-order valence-electron chi connectivity index (χ0n) is 14.4. The number of rotatable bonds is 3. The molecule has 1 atom stereocenters. The summed E-state index contributed by atoms with van der Waals surface area (Å²) in [6.07, 6.45) is 6.50. The molecular weight excluding hydrogens is 308 g/mol. The van der Waals surface area contributed by atoms with Crippen molar-refractivity contribution in [3.8, 4) is 0 Å². The summed E-state index contributed by atoms with van der Waals surface area (Å²) >= 11 is 0. The first kappa shape index (κ1) is 16.8. The lowest BCUT2D eigenvalue weighted by atomic mass is 9.90. The van der Waals surface area contributed by atoms with E-state index in [0.29, 0.717) is 24.8 Å². The van der Waals surface area contributed by atoms with Crippen LogP contribution in [-0.4, -0.2) is 44.9 Å². The van der Waals surface area contributed by atoms with Crippen LogP contribution in [0.1, 0.15) is 57.2 Å². The number of carboxylic acids is 1. The monoisotopic (exact) mass is 334 g/mol. The van der Waals surface area contributed by atoms with Crippen molar-refractivity contribution >= 4 is 17.8 Å². The van der Waals surface area contributed by atoms with E-state index in [1.165, 1.54) is 19.3 Å². The Balaban J connectivity index is 1.64. The van der Waals surface area contributed by atoms with Gasteiger partial charge in [-0.3, -0.25) is 14.8 Å². The number of nitrogens with one attached hydrogen (secondary N) is 1. The Bertz CT molecular complexity index is 636. The van der Waals surface area contributed by atoms with Crippen molar-refractivity contribution in [3.63, 3.8) is 0 Å². The van der Waals surface area contributed by atoms with Gasteiger partial charge in [0.1, 0.15) is 0 Å². The Morgan fingerprint density at radius 1 is 1.33 bits per heavy atom. The van der Waals surface area contributed by atoms with Gasteiger partial charge in [-0.15, -0.1) is 0 Å². The number of likely N-dealkylation sites (tertiary alicyclic amines) is 1. The number of carboxylic acid groups (broad SMARTS) is 1. The number of amides is 2. The van der Waals surface area contributed by atoms with E-state index in [0.717, 1.165) is 18.5 Å². The van der Waals surface area contributed by atoms with Gasteiger partial charge in [0, 0.05) is 24.8 Å². The van der Waals surface area contributed by atoms with Crippen LogP contribution in [0.4, 0.5) is 10.6 Å². The van der Waals surface area contributed by atoms with Crippen LogP contribution in [0.2, 0.25) is 0 Å². The van der Waals surface area contributed by atoms with Gasteiger partial charge in [-0.2, -0.15) is 5.10 Å². The van der Waals surface area contributed by atoms with Crippen LogP contribution in [-0.2, 0) is 4.79 Å². The second-order valence-electron chi connectivity index (χ2n) is 7.37. The molecule has 0 bridgehead atoms. The number of hydrogen-bond acceptors (Lipinski definition) is 3. The zero-order valence-corrected chi connectivity index (χ0v) is 14.4. The molecule has 132 valence electrons. The fraction of sp³-hybridized carbons (Fsp3) is 0.706. The van der Waals surface area contributed by atoms with Crippen LogP contribution < -0.4 is 5.32 Å². The highest BCUT2D eigenvalue weighted by Gasteiger charge is 2.42. The van der Waals surface area contributed by atoms with E-state index in [2.05, 4.69) is 10.4 Å². The fourth-order valence-corrected chi connectivity index (χ4v) is 3.74. The molecule has 1 saturated carbocycles. The summed E-state index contributed by atoms with van der Waals surface area (Å²) in [5, 5.41) is 16.7. The highest BCUT2D eigenvalue weighted by atomic mass is 16.4. The largest absolute Gasteiger partial charge is 0.481 e. The van der Waals surface area contributed by atoms with Crippen molar-refractivity contribution in [1.82, 2.24) is 14.7 Å². The first-order valence-corrected chi connectivity index (χ1v) is 8.74. The summed E-state index contributed by atoms with van der Waals surface area (Å²) in [7, 11) is 0. The first-order valence-electron chi connectivity index (χ1n) is 8.74. The molecule has 0 radical (unpaired) electrons. The van der Waals surface area contributed by atoms with Gasteiger partial charge in [-0.25, -0.2) is 4.79 Å². The van der Waals surface area contributed by atoms with Crippen LogP contribution >= 0.6 is 0 Å². The van der Waals surface area contributed by atoms with Gasteiger partial charge < -0.3 is 10.0 Å². The van der Waals surface area contributed by atoms with Crippen molar-refractivity contribution in [2.75, 3.05) is 18.4 Å². The third-order valence-corrected chi connectivity index (χ3v) is 5.35. The molecule has 2 aliphatic rings. The predicted molar refractivity (Wildman–Crippen MR) is 90.0 cm³/mol. The van der Waals surface area contributed by atoms with Gasteiger partial charge >= 0.3 is 12.0 Å². The molecule has 1 aromatic rings. The maximum absolute atomic E-state index is 12.4. The number of aryl methyl sites for hydroxylation is 1. The number of aliphatic carboxylic acids is 1. The molecule has 1 aliphatic heterocycles. The number of urea groups is 1. The van der Waals surface area contributed by atoms with Gasteiger partial charge in [0.25, 0.3) is 0 Å². The number of hydrogen-bond donors (Lipinski definition) is 2. The van der Waals surface area contributed by atoms with Crippen LogP contribution in [0.15, 0.2) is 6.07 Å². The van der Waals surface area contributed by atoms with E-state index >= 15 is 0 Å². The van der Waals surface area contributed by atoms with Gasteiger partial charge in [-0.05, 0) is 33.1 Å². The Labute approximate surface area is 142 Å². The smallest absolute Gasteiger partial charge is 0.323 e. The first-order chi connectivity index (χ1) is 11.4. The SMILES string of the molecule is Cc1cc(NC(=O)N2CCC(C)(C(=O)O)C2)nn1C1CCCCC1. The molecule has 7 heteroatoms. The Kier molecular flexibility index (Phi) is 4.51. The summed E-state index contributed by atoms with van der Waals surface area (Å²) in [6, 6.07) is 2.04. The topological polar surface area (TPSA) is 87.5 Å². The number of carbonyl (C=O) groups is 2. The summed E-state index contributed by atoms with van der Waals surface area (Å²) in [5.74, 6) is -0.303. The molecule has 2 amide bonds. The summed E-state index contributed by atoms with van der Waals surface area (Å²) in [6.45, 7) is 4.38. The Morgan fingerprint density at radius 2 is 2.04 bits per heavy atom. The molecule has 2 N–H and O–H groups in total. The van der Waals surface area contributed by atoms with E-state index in [9.17, 15) is 14.7 Å². The summed E-state index contributed by atoms with van der Waals surface area (Å²) in [4.78, 5) is 25.3. The highest BCUT2D eigenvalue weighted by molar-refractivity contribution is 5.89. The molecule has 7 nitrogen and oxygen atoms in total. The summed E-state index contributed by atoms with van der Waals surface area (Å²) in [5.41, 5.74) is 0.198. The lowest BCUT2D eigenvalue weighted by Gasteiger charge is -2.23. The fourth-order valence-electron chi connectivity index (χ4n) is 3.74. The minimum Gasteiger partial charge on any atom is -0.481 e. The molecule has 1 unspecified atom stereocenters. The molecule has 2 heterocycles. The highest BCUT2D eigenvalue weighted by Crippen LogP contribution is 2.31. The Hall–Kier alpha value is -2.05. The van der Waals surface area contributed by atoms with E-state index in [1.54, 1.807) is 11.8 Å². The maximum atomic E-state index is 12.4. The van der Waals surface area contributed by atoms with Crippen molar-refractivity contribution in [2.45, 2.75) is 58.4 Å². The van der Waals surface area contributed by atoms with Crippen LogP contribution in [0.5, 0.6) is 0 Å². The maximum Gasteiger partial charge on any atom is 0.323 e. The van der Waals surface area contributed by atoms with Crippen LogP contribution in [0, 0.1) is 12.3 Å². The van der Waals surface area contributed by atoms with E-state index in [-0.39, 0.29) is 12.6 Å². The average molecular weight is 334 g/mol. The molecule has 0 aromatic carbocycles. The molecular formula is C17H26N4O3. The standard InChI is InChI=1S/C17H26N4O3/c1-12-10-14(19-21(12)13-6-4-3-5-7-13)18-16(24)20-9-8-17(2,11-20)15(22)23/h10,13H,3-9,11H2,1-2H3,(H,22,23)(H,18,19,24). The van der Waals surface area contributed by atoms with E-state index < -0.39 is 11.4 Å². The number of carbonyl (C=O) groups excluding carboxylic acids is 1. The quantitative estimate of drug-likeness (QED) is 0.889. The lowest BCUT2D eigenvalue weighted by molar-refractivity contribution is -0.146. The molecule has 1 aliphatic carbocycles. The number of nitrogens with zero attached hydrogens (tertiary/aromatic N) is 3. The van der Waals surface area contributed by atoms with Crippen molar-refractivity contribution in [3.05, 3.63) is 11.8 Å². The third kappa shape index (κ3) is 3.25. The Morgan fingerprint density at radius 3 is 2.67 bits per heavy atom. The lowest BCUT2D eigenvalue weighted by Crippen LogP contribution is -2.37. The van der Waals surface area contributed by atoms with Gasteiger partial charge in [-0.1, -0.05) is 19.3 Å². The molecule has 2 fully saturated rings. The zero-order chi connectivity index (χ0) is 17.3. The normalized spacial score (nSPS) is 25.0. The number of anilines is 1.